The molecular formula is C23H25FN2O2. The van der Waals surface area contributed by atoms with Crippen LogP contribution >= 0.6 is 0 Å². The van der Waals surface area contributed by atoms with Crippen molar-refractivity contribution in [2.75, 3.05) is 0 Å². The minimum Gasteiger partial charge on any atom is -0.349 e. The third-order valence-electron chi connectivity index (χ3n) is 5.67. The first kappa shape index (κ1) is 18.7. The average Bonchev–Trinajstić information content (AvgIpc) is 3.36. The Kier molecular flexibility index (Phi) is 5.16. The van der Waals surface area contributed by atoms with Gasteiger partial charge in [0.1, 0.15) is 5.82 Å². The van der Waals surface area contributed by atoms with Crippen molar-refractivity contribution in [1.29, 1.82) is 0 Å². The van der Waals surface area contributed by atoms with Gasteiger partial charge in [0.05, 0.1) is 0 Å². The summed E-state index contributed by atoms with van der Waals surface area (Å²) in [7, 11) is 0. The molecule has 0 radical (unpaired) electrons. The fourth-order valence-electron chi connectivity index (χ4n) is 3.75. The van der Waals surface area contributed by atoms with E-state index >= 15 is 0 Å². The van der Waals surface area contributed by atoms with Gasteiger partial charge in [0, 0.05) is 23.2 Å². The molecule has 4 rings (SSSR count). The van der Waals surface area contributed by atoms with Crippen molar-refractivity contribution < 1.29 is 14.0 Å². The molecule has 0 aromatic heterocycles. The zero-order valence-corrected chi connectivity index (χ0v) is 16.1. The quantitative estimate of drug-likeness (QED) is 0.809. The summed E-state index contributed by atoms with van der Waals surface area (Å²) in [5, 5.41) is 5.97. The van der Waals surface area contributed by atoms with Crippen LogP contribution in [0.5, 0.6) is 0 Å². The summed E-state index contributed by atoms with van der Waals surface area (Å²) < 4.78 is 14.4. The van der Waals surface area contributed by atoms with Crippen LogP contribution < -0.4 is 10.6 Å². The van der Waals surface area contributed by atoms with Crippen LogP contribution in [0.4, 0.5) is 4.39 Å². The van der Waals surface area contributed by atoms with Gasteiger partial charge < -0.3 is 10.6 Å². The predicted octanol–water partition coefficient (Wildman–Crippen LogP) is 4.37. The van der Waals surface area contributed by atoms with Crippen LogP contribution in [0.1, 0.15) is 64.8 Å². The van der Waals surface area contributed by atoms with E-state index in [1.54, 1.807) is 25.1 Å². The monoisotopic (exact) mass is 380 g/mol. The van der Waals surface area contributed by atoms with Gasteiger partial charge in [-0.3, -0.25) is 9.59 Å². The molecule has 2 saturated carbocycles. The number of amides is 2. The molecular weight excluding hydrogens is 355 g/mol. The molecule has 2 N–H and O–H groups in total. The van der Waals surface area contributed by atoms with Crippen molar-refractivity contribution in [3.63, 3.8) is 0 Å². The SMILES string of the molecule is Cc1c(F)cc(C(=O)NC2CC2)cc1-c1ccc(C(=O)NC2CCCC2)cc1. The molecule has 0 spiro atoms. The summed E-state index contributed by atoms with van der Waals surface area (Å²) in [4.78, 5) is 24.7. The van der Waals surface area contributed by atoms with Crippen molar-refractivity contribution in [2.45, 2.75) is 57.5 Å². The summed E-state index contributed by atoms with van der Waals surface area (Å²) in [6.45, 7) is 1.70. The molecule has 2 fully saturated rings. The van der Waals surface area contributed by atoms with Gasteiger partial charge in [-0.2, -0.15) is 0 Å². The largest absolute Gasteiger partial charge is 0.349 e. The molecule has 2 aromatic carbocycles. The Bertz CT molecular complexity index is 898. The number of carbonyl (C=O) groups excluding carboxylic acids is 2. The third-order valence-corrected chi connectivity index (χ3v) is 5.67. The van der Waals surface area contributed by atoms with Crippen molar-refractivity contribution in [2.24, 2.45) is 0 Å². The van der Waals surface area contributed by atoms with Crippen LogP contribution in [0.15, 0.2) is 36.4 Å². The lowest BCUT2D eigenvalue weighted by Crippen LogP contribution is -2.32. The second-order valence-corrected chi connectivity index (χ2v) is 7.91. The minimum atomic E-state index is -0.401. The highest BCUT2D eigenvalue weighted by Gasteiger charge is 2.24. The van der Waals surface area contributed by atoms with Crippen molar-refractivity contribution >= 4 is 11.8 Å². The minimum absolute atomic E-state index is 0.0704. The molecule has 28 heavy (non-hydrogen) atoms. The highest BCUT2D eigenvalue weighted by Crippen LogP contribution is 2.28. The molecule has 2 aliphatic carbocycles. The van der Waals surface area contributed by atoms with E-state index in [1.807, 2.05) is 12.1 Å². The van der Waals surface area contributed by atoms with Gasteiger partial charge in [-0.15, -0.1) is 0 Å². The highest BCUT2D eigenvalue weighted by molar-refractivity contribution is 5.97. The Balaban J connectivity index is 1.55. The topological polar surface area (TPSA) is 58.2 Å². The predicted molar refractivity (Wildman–Crippen MR) is 107 cm³/mol. The van der Waals surface area contributed by atoms with E-state index in [-0.39, 0.29) is 23.9 Å². The van der Waals surface area contributed by atoms with Crippen LogP contribution in [0.25, 0.3) is 11.1 Å². The van der Waals surface area contributed by atoms with E-state index < -0.39 is 5.82 Å². The Morgan fingerprint density at radius 3 is 2.04 bits per heavy atom. The molecule has 0 bridgehead atoms. The lowest BCUT2D eigenvalue weighted by Gasteiger charge is -2.13. The highest BCUT2D eigenvalue weighted by atomic mass is 19.1. The second kappa shape index (κ2) is 7.74. The third kappa shape index (κ3) is 4.08. The van der Waals surface area contributed by atoms with Gasteiger partial charge in [-0.05, 0) is 73.6 Å². The van der Waals surface area contributed by atoms with Crippen LogP contribution in [-0.4, -0.2) is 23.9 Å². The summed E-state index contributed by atoms with van der Waals surface area (Å²) in [5.74, 6) is -0.712. The number of rotatable bonds is 5. The van der Waals surface area contributed by atoms with Crippen molar-refractivity contribution in [1.82, 2.24) is 10.6 Å². The van der Waals surface area contributed by atoms with Gasteiger partial charge in [-0.1, -0.05) is 25.0 Å². The van der Waals surface area contributed by atoms with E-state index in [9.17, 15) is 14.0 Å². The number of halogens is 1. The maximum absolute atomic E-state index is 14.4. The summed E-state index contributed by atoms with van der Waals surface area (Å²) >= 11 is 0. The first-order valence-corrected chi connectivity index (χ1v) is 10.0. The van der Waals surface area contributed by atoms with Gasteiger partial charge in [0.25, 0.3) is 11.8 Å². The number of nitrogens with one attached hydrogen (secondary N) is 2. The molecule has 0 atom stereocenters. The van der Waals surface area contributed by atoms with Crippen molar-refractivity contribution in [3.05, 3.63) is 58.9 Å². The molecule has 0 unspecified atom stereocenters. The normalized spacial score (nSPS) is 16.8. The van der Waals surface area contributed by atoms with E-state index in [4.69, 9.17) is 0 Å². The van der Waals surface area contributed by atoms with E-state index in [0.29, 0.717) is 22.3 Å². The van der Waals surface area contributed by atoms with Crippen molar-refractivity contribution in [3.8, 4) is 11.1 Å². The number of hydrogen-bond donors (Lipinski definition) is 2. The first-order valence-electron chi connectivity index (χ1n) is 10.0. The lowest BCUT2D eigenvalue weighted by molar-refractivity contribution is 0.0934. The Morgan fingerprint density at radius 1 is 0.857 bits per heavy atom. The molecule has 5 heteroatoms. The van der Waals surface area contributed by atoms with Gasteiger partial charge >= 0.3 is 0 Å². The molecule has 2 aliphatic rings. The van der Waals surface area contributed by atoms with E-state index in [0.717, 1.165) is 31.2 Å². The Labute approximate surface area is 164 Å². The molecule has 146 valence electrons. The Morgan fingerprint density at radius 2 is 1.43 bits per heavy atom. The molecule has 0 saturated heterocycles. The maximum Gasteiger partial charge on any atom is 0.251 e. The lowest BCUT2D eigenvalue weighted by atomic mass is 9.96. The molecule has 4 nitrogen and oxygen atoms in total. The number of benzene rings is 2. The average molecular weight is 380 g/mol. The zero-order chi connectivity index (χ0) is 19.7. The Hall–Kier alpha value is -2.69. The van der Waals surface area contributed by atoms with Gasteiger partial charge in [-0.25, -0.2) is 4.39 Å². The fourth-order valence-corrected chi connectivity index (χ4v) is 3.75. The summed E-state index contributed by atoms with van der Waals surface area (Å²) in [6, 6.07) is 10.6. The van der Waals surface area contributed by atoms with Gasteiger partial charge in [0.15, 0.2) is 0 Å². The summed E-state index contributed by atoms with van der Waals surface area (Å²) in [5.41, 5.74) is 2.87. The molecule has 2 aromatic rings. The van der Waals surface area contributed by atoms with Crippen LogP contribution in [0, 0.1) is 12.7 Å². The zero-order valence-electron chi connectivity index (χ0n) is 16.1. The second-order valence-electron chi connectivity index (χ2n) is 7.91. The van der Waals surface area contributed by atoms with E-state index in [2.05, 4.69) is 10.6 Å². The van der Waals surface area contributed by atoms with E-state index in [1.165, 1.54) is 18.9 Å². The molecule has 2 amide bonds. The van der Waals surface area contributed by atoms with Gasteiger partial charge in [0.2, 0.25) is 0 Å². The maximum atomic E-state index is 14.4. The fraction of sp³-hybridized carbons (Fsp3) is 0.391. The molecule has 0 aliphatic heterocycles. The first-order chi connectivity index (χ1) is 13.5. The van der Waals surface area contributed by atoms with Crippen LogP contribution in [-0.2, 0) is 0 Å². The summed E-state index contributed by atoms with van der Waals surface area (Å²) in [6.07, 6.45) is 6.38. The smallest absolute Gasteiger partial charge is 0.251 e. The molecule has 0 heterocycles. The number of carbonyl (C=O) groups is 2. The standard InChI is InChI=1S/C23H25FN2O2/c1-14-20(12-17(13-21(14)24)23(28)26-19-10-11-19)15-6-8-16(9-7-15)22(27)25-18-4-2-3-5-18/h6-9,12-13,18-19H,2-5,10-11H2,1H3,(H,25,27)(H,26,28). The number of hydrogen-bond acceptors (Lipinski definition) is 2. The van der Waals surface area contributed by atoms with Crippen LogP contribution in [0.3, 0.4) is 0 Å². The van der Waals surface area contributed by atoms with Crippen LogP contribution in [0.2, 0.25) is 0 Å².